The zero-order chi connectivity index (χ0) is 14.8. The minimum Gasteiger partial charge on any atom is -0.377 e. The van der Waals surface area contributed by atoms with Gasteiger partial charge in [0.15, 0.2) is 0 Å². The molecular weight excluding hydrogens is 258 g/mol. The van der Waals surface area contributed by atoms with E-state index in [-0.39, 0.29) is 12.1 Å². The van der Waals surface area contributed by atoms with Gasteiger partial charge in [0, 0.05) is 0 Å². The van der Waals surface area contributed by atoms with Crippen molar-refractivity contribution in [2.45, 2.75) is 38.8 Å². The SMILES string of the molecule is CCC(C)OCC(N)c1ccc2c(c1)Cc1ccccc1-2. The molecule has 110 valence electrons. The number of benzene rings is 2. The predicted molar refractivity (Wildman–Crippen MR) is 87.3 cm³/mol. The Morgan fingerprint density at radius 1 is 1.10 bits per heavy atom. The molecule has 2 aromatic rings. The van der Waals surface area contributed by atoms with Crippen molar-refractivity contribution >= 4 is 0 Å². The Balaban J connectivity index is 1.77. The van der Waals surface area contributed by atoms with Gasteiger partial charge in [0.2, 0.25) is 0 Å². The maximum atomic E-state index is 6.27. The van der Waals surface area contributed by atoms with Crippen LogP contribution in [0.3, 0.4) is 0 Å². The van der Waals surface area contributed by atoms with Gasteiger partial charge in [0.1, 0.15) is 0 Å². The molecule has 0 heterocycles. The molecule has 2 heteroatoms. The quantitative estimate of drug-likeness (QED) is 0.765. The summed E-state index contributed by atoms with van der Waals surface area (Å²) in [5, 5.41) is 0. The zero-order valence-electron chi connectivity index (χ0n) is 12.8. The van der Waals surface area contributed by atoms with Crippen molar-refractivity contribution in [1.29, 1.82) is 0 Å². The minimum atomic E-state index is -0.0481. The van der Waals surface area contributed by atoms with Crippen LogP contribution in [-0.2, 0) is 11.2 Å². The Hall–Kier alpha value is -1.64. The van der Waals surface area contributed by atoms with Gasteiger partial charge in [0.25, 0.3) is 0 Å². The Morgan fingerprint density at radius 2 is 1.86 bits per heavy atom. The van der Waals surface area contributed by atoms with Gasteiger partial charge < -0.3 is 10.5 Å². The van der Waals surface area contributed by atoms with Crippen LogP contribution in [0.15, 0.2) is 42.5 Å². The third-order valence-electron chi connectivity index (χ3n) is 4.38. The molecule has 0 spiro atoms. The summed E-state index contributed by atoms with van der Waals surface area (Å²) in [6.45, 7) is 4.80. The molecule has 2 atom stereocenters. The lowest BCUT2D eigenvalue weighted by molar-refractivity contribution is 0.0539. The van der Waals surface area contributed by atoms with E-state index in [2.05, 4.69) is 56.3 Å². The normalized spacial score (nSPS) is 15.4. The number of fused-ring (bicyclic) bond motifs is 3. The maximum Gasteiger partial charge on any atom is 0.0662 e. The summed E-state index contributed by atoms with van der Waals surface area (Å²) >= 11 is 0. The number of rotatable bonds is 5. The van der Waals surface area contributed by atoms with E-state index in [1.807, 2.05) is 0 Å². The molecule has 0 aliphatic heterocycles. The second-order valence-electron chi connectivity index (χ2n) is 5.91. The molecule has 0 saturated heterocycles. The van der Waals surface area contributed by atoms with Crippen LogP contribution in [-0.4, -0.2) is 12.7 Å². The lowest BCUT2D eigenvalue weighted by Crippen LogP contribution is -2.20. The van der Waals surface area contributed by atoms with Crippen molar-refractivity contribution in [1.82, 2.24) is 0 Å². The minimum absolute atomic E-state index is 0.0481. The van der Waals surface area contributed by atoms with Gasteiger partial charge in [-0.05, 0) is 47.6 Å². The topological polar surface area (TPSA) is 35.2 Å². The molecule has 2 unspecified atom stereocenters. The van der Waals surface area contributed by atoms with E-state index >= 15 is 0 Å². The Morgan fingerprint density at radius 3 is 2.67 bits per heavy atom. The van der Waals surface area contributed by atoms with Crippen molar-refractivity contribution < 1.29 is 4.74 Å². The first-order chi connectivity index (χ1) is 10.2. The molecule has 1 aliphatic rings. The average Bonchev–Trinajstić information content (AvgIpc) is 2.89. The van der Waals surface area contributed by atoms with Crippen LogP contribution in [0, 0.1) is 0 Å². The van der Waals surface area contributed by atoms with Crippen molar-refractivity contribution in [2.24, 2.45) is 5.73 Å². The van der Waals surface area contributed by atoms with E-state index in [0.29, 0.717) is 6.61 Å². The third-order valence-corrected chi connectivity index (χ3v) is 4.38. The first-order valence-electron chi connectivity index (χ1n) is 7.77. The fourth-order valence-corrected chi connectivity index (χ4v) is 2.88. The zero-order valence-corrected chi connectivity index (χ0v) is 12.8. The number of hydrogen-bond acceptors (Lipinski definition) is 2. The lowest BCUT2D eigenvalue weighted by Gasteiger charge is -2.17. The van der Waals surface area contributed by atoms with Gasteiger partial charge in [-0.2, -0.15) is 0 Å². The Labute approximate surface area is 126 Å². The third kappa shape index (κ3) is 2.87. The standard InChI is InChI=1S/C19H23NO/c1-3-13(2)21-12-19(20)15-8-9-18-16(11-15)10-14-6-4-5-7-17(14)18/h4-9,11,13,19H,3,10,12,20H2,1-2H3. The van der Waals surface area contributed by atoms with Crippen molar-refractivity contribution in [3.05, 3.63) is 59.2 Å². The molecule has 0 aromatic heterocycles. The first kappa shape index (κ1) is 14.3. The van der Waals surface area contributed by atoms with Gasteiger partial charge in [-0.3, -0.25) is 0 Å². The highest BCUT2D eigenvalue weighted by atomic mass is 16.5. The molecular formula is C19H23NO. The van der Waals surface area contributed by atoms with Crippen molar-refractivity contribution in [3.8, 4) is 11.1 Å². The highest BCUT2D eigenvalue weighted by Crippen LogP contribution is 2.37. The molecule has 0 amide bonds. The number of nitrogens with two attached hydrogens (primary N) is 1. The summed E-state index contributed by atoms with van der Waals surface area (Å²) in [6.07, 6.45) is 2.31. The second kappa shape index (κ2) is 6.00. The molecule has 2 nitrogen and oxygen atoms in total. The van der Waals surface area contributed by atoms with Crippen LogP contribution < -0.4 is 5.73 Å². The Bertz CT molecular complexity index is 635. The van der Waals surface area contributed by atoms with Crippen LogP contribution in [0.4, 0.5) is 0 Å². The van der Waals surface area contributed by atoms with Gasteiger partial charge in [0.05, 0.1) is 18.8 Å². The average molecular weight is 281 g/mol. The fraction of sp³-hybridized carbons (Fsp3) is 0.368. The highest BCUT2D eigenvalue weighted by Gasteiger charge is 2.19. The van der Waals surface area contributed by atoms with Gasteiger partial charge in [-0.1, -0.05) is 49.4 Å². The summed E-state index contributed by atoms with van der Waals surface area (Å²) in [7, 11) is 0. The van der Waals surface area contributed by atoms with Crippen LogP contribution in [0.25, 0.3) is 11.1 Å². The number of ether oxygens (including phenoxy) is 1. The molecule has 3 rings (SSSR count). The van der Waals surface area contributed by atoms with Crippen LogP contribution in [0.1, 0.15) is 43.0 Å². The van der Waals surface area contributed by atoms with E-state index < -0.39 is 0 Å². The van der Waals surface area contributed by atoms with E-state index in [0.717, 1.165) is 12.8 Å². The largest absolute Gasteiger partial charge is 0.377 e. The van der Waals surface area contributed by atoms with Crippen LogP contribution >= 0.6 is 0 Å². The van der Waals surface area contributed by atoms with E-state index in [1.54, 1.807) is 0 Å². The maximum absolute atomic E-state index is 6.27. The molecule has 2 aromatic carbocycles. The second-order valence-corrected chi connectivity index (χ2v) is 5.91. The van der Waals surface area contributed by atoms with E-state index in [1.165, 1.54) is 27.8 Å². The predicted octanol–water partition coefficient (Wildman–Crippen LogP) is 4.07. The van der Waals surface area contributed by atoms with Crippen molar-refractivity contribution in [2.75, 3.05) is 6.61 Å². The van der Waals surface area contributed by atoms with E-state index in [4.69, 9.17) is 10.5 Å². The molecule has 2 N–H and O–H groups in total. The highest BCUT2D eigenvalue weighted by molar-refractivity contribution is 5.76. The molecule has 0 fully saturated rings. The van der Waals surface area contributed by atoms with Crippen LogP contribution in [0.2, 0.25) is 0 Å². The molecule has 0 saturated carbocycles. The van der Waals surface area contributed by atoms with Crippen molar-refractivity contribution in [3.63, 3.8) is 0 Å². The molecule has 0 bridgehead atoms. The summed E-state index contributed by atoms with van der Waals surface area (Å²) in [5.74, 6) is 0. The number of hydrogen-bond donors (Lipinski definition) is 1. The first-order valence-corrected chi connectivity index (χ1v) is 7.77. The van der Waals surface area contributed by atoms with Gasteiger partial charge in [-0.25, -0.2) is 0 Å². The summed E-state index contributed by atoms with van der Waals surface area (Å²) < 4.78 is 5.76. The van der Waals surface area contributed by atoms with E-state index in [9.17, 15) is 0 Å². The lowest BCUT2D eigenvalue weighted by atomic mass is 10.0. The van der Waals surface area contributed by atoms with Gasteiger partial charge >= 0.3 is 0 Å². The fourth-order valence-electron chi connectivity index (χ4n) is 2.88. The summed E-state index contributed by atoms with van der Waals surface area (Å²) in [4.78, 5) is 0. The summed E-state index contributed by atoms with van der Waals surface area (Å²) in [6, 6.07) is 15.2. The van der Waals surface area contributed by atoms with Gasteiger partial charge in [-0.15, -0.1) is 0 Å². The van der Waals surface area contributed by atoms with Crippen LogP contribution in [0.5, 0.6) is 0 Å². The smallest absolute Gasteiger partial charge is 0.0662 e. The summed E-state index contributed by atoms with van der Waals surface area (Å²) in [5.41, 5.74) is 13.0. The molecule has 1 aliphatic carbocycles. The Kier molecular flexibility index (Phi) is 4.09. The molecule has 0 radical (unpaired) electrons. The molecule has 21 heavy (non-hydrogen) atoms. The monoisotopic (exact) mass is 281 g/mol.